The fraction of sp³-hybridized carbons (Fsp3) is 0.286. The maximum absolute atomic E-state index is 11.1. The molecule has 0 aromatic carbocycles. The molecule has 0 fully saturated rings. The van der Waals surface area contributed by atoms with Crippen LogP contribution < -0.4 is 9.47 Å². The monoisotopic (exact) mass is 262 g/mol. The van der Waals surface area contributed by atoms with E-state index in [0.29, 0.717) is 4.73 Å². The molecular weight excluding hydrogens is 256 g/mol. The molecule has 0 bridgehead atoms. The number of nitro groups is 1. The van der Waals surface area contributed by atoms with Crippen LogP contribution in [-0.4, -0.2) is 11.5 Å². The first-order valence-corrected chi connectivity index (χ1v) is 4.55. The van der Waals surface area contributed by atoms with Gasteiger partial charge in [0.1, 0.15) is 6.07 Å². The second-order valence-corrected chi connectivity index (χ2v) is 3.17. The largest absolute Gasteiger partial charge is 0.618 e. The van der Waals surface area contributed by atoms with E-state index in [4.69, 9.17) is 4.74 Å². The number of hydrogen-bond acceptors (Lipinski definition) is 4. The van der Waals surface area contributed by atoms with Crippen molar-refractivity contribution in [2.75, 3.05) is 6.61 Å². The molecule has 0 spiro atoms. The van der Waals surface area contributed by atoms with Crippen LogP contribution in [0.3, 0.4) is 0 Å². The molecule has 0 aliphatic carbocycles. The molecule has 0 radical (unpaired) electrons. The lowest BCUT2D eigenvalue weighted by atomic mass is 10.4. The van der Waals surface area contributed by atoms with Gasteiger partial charge in [-0.15, -0.1) is 0 Å². The predicted molar refractivity (Wildman–Crippen MR) is 50.9 cm³/mol. The van der Waals surface area contributed by atoms with Gasteiger partial charge in [-0.3, -0.25) is 10.1 Å². The Morgan fingerprint density at radius 2 is 2.36 bits per heavy atom. The van der Waals surface area contributed by atoms with Crippen LogP contribution in [0.25, 0.3) is 0 Å². The average Bonchev–Trinajstić information content (AvgIpc) is 2.11. The molecule has 1 aromatic rings. The number of rotatable bonds is 3. The lowest BCUT2D eigenvalue weighted by Crippen LogP contribution is -2.27. The third-order valence-corrected chi connectivity index (χ3v) is 2.03. The van der Waals surface area contributed by atoms with Gasteiger partial charge in [0.25, 0.3) is 10.4 Å². The average molecular weight is 263 g/mol. The van der Waals surface area contributed by atoms with Crippen molar-refractivity contribution in [3.63, 3.8) is 0 Å². The molecule has 0 aliphatic rings. The molecule has 0 saturated carbocycles. The summed E-state index contributed by atoms with van der Waals surface area (Å²) in [5.41, 5.74) is -0.231. The Balaban J connectivity index is 3.24. The van der Waals surface area contributed by atoms with E-state index in [1.807, 2.05) is 0 Å². The third kappa shape index (κ3) is 2.11. The topological polar surface area (TPSA) is 79.3 Å². The van der Waals surface area contributed by atoms with E-state index in [1.54, 1.807) is 6.92 Å². The zero-order valence-corrected chi connectivity index (χ0v) is 8.85. The molecule has 0 atom stereocenters. The summed E-state index contributed by atoms with van der Waals surface area (Å²) in [6, 6.07) is 1.11. The van der Waals surface area contributed by atoms with E-state index in [0.717, 1.165) is 12.3 Å². The Bertz CT molecular complexity index is 369. The first-order valence-electron chi connectivity index (χ1n) is 3.76. The minimum Gasteiger partial charge on any atom is -0.618 e. The molecule has 0 amide bonds. The van der Waals surface area contributed by atoms with Crippen LogP contribution in [0, 0.1) is 15.3 Å². The fourth-order valence-corrected chi connectivity index (χ4v) is 1.21. The van der Waals surface area contributed by atoms with Crippen molar-refractivity contribution >= 4 is 21.6 Å². The smallest absolute Gasteiger partial charge is 0.324 e. The number of hydrogen-bond donors (Lipinski definition) is 0. The lowest BCUT2D eigenvalue weighted by molar-refractivity contribution is -0.618. The van der Waals surface area contributed by atoms with Crippen LogP contribution in [0.4, 0.5) is 5.69 Å². The van der Waals surface area contributed by atoms with Crippen molar-refractivity contribution in [2.45, 2.75) is 6.92 Å². The van der Waals surface area contributed by atoms with Crippen molar-refractivity contribution in [2.24, 2.45) is 0 Å². The predicted octanol–water partition coefficient (Wildman–Crippen LogP) is 1.39. The summed E-state index contributed by atoms with van der Waals surface area (Å²) in [6.07, 6.45) is 1.02. The van der Waals surface area contributed by atoms with E-state index in [2.05, 4.69) is 15.9 Å². The summed E-state index contributed by atoms with van der Waals surface area (Å²) in [5, 5.41) is 21.6. The quantitative estimate of drug-likeness (QED) is 0.271. The van der Waals surface area contributed by atoms with E-state index < -0.39 is 4.92 Å². The summed E-state index contributed by atoms with van der Waals surface area (Å²) in [7, 11) is 0. The highest BCUT2D eigenvalue weighted by atomic mass is 79.9. The SMILES string of the molecule is CCOc1c[n+]([O-])c(Br)cc1[N+](=O)[O-]. The number of pyridine rings is 1. The first-order chi connectivity index (χ1) is 6.56. The Morgan fingerprint density at radius 3 is 2.86 bits per heavy atom. The molecule has 0 aliphatic heterocycles. The molecule has 1 aromatic heterocycles. The lowest BCUT2D eigenvalue weighted by Gasteiger charge is -2.04. The highest BCUT2D eigenvalue weighted by molar-refractivity contribution is 9.10. The molecule has 76 valence electrons. The first kappa shape index (κ1) is 10.7. The minimum absolute atomic E-state index is 0.0318. The van der Waals surface area contributed by atoms with Gasteiger partial charge in [0.2, 0.25) is 6.20 Å². The van der Waals surface area contributed by atoms with Gasteiger partial charge in [-0.25, -0.2) is 0 Å². The second kappa shape index (κ2) is 4.23. The van der Waals surface area contributed by atoms with Gasteiger partial charge in [0.05, 0.1) is 11.5 Å². The van der Waals surface area contributed by atoms with Crippen molar-refractivity contribution in [1.29, 1.82) is 0 Å². The van der Waals surface area contributed by atoms with Crippen molar-refractivity contribution < 1.29 is 14.4 Å². The maximum Gasteiger partial charge on any atom is 0.324 e. The summed E-state index contributed by atoms with van der Waals surface area (Å²) in [4.78, 5) is 9.95. The molecule has 1 rings (SSSR count). The Morgan fingerprint density at radius 1 is 1.71 bits per heavy atom. The van der Waals surface area contributed by atoms with Crippen molar-refractivity contribution in [3.05, 3.63) is 32.2 Å². The van der Waals surface area contributed by atoms with Crippen LogP contribution in [-0.2, 0) is 0 Å². The summed E-state index contributed by atoms with van der Waals surface area (Å²) in [6.45, 7) is 1.95. The summed E-state index contributed by atoms with van der Waals surface area (Å²) in [5.74, 6) is -0.0318. The van der Waals surface area contributed by atoms with E-state index >= 15 is 0 Å². The Hall–Kier alpha value is -1.37. The molecule has 1 heterocycles. The highest BCUT2D eigenvalue weighted by Gasteiger charge is 2.21. The van der Waals surface area contributed by atoms with E-state index in [9.17, 15) is 15.3 Å². The van der Waals surface area contributed by atoms with Crippen LogP contribution in [0.5, 0.6) is 5.75 Å². The molecular formula is C7H7BrN2O4. The Kier molecular flexibility index (Phi) is 3.23. The van der Waals surface area contributed by atoms with Crippen LogP contribution in [0.15, 0.2) is 16.9 Å². The molecule has 14 heavy (non-hydrogen) atoms. The number of ether oxygens (including phenoxy) is 1. The number of nitrogens with zero attached hydrogens (tertiary/aromatic N) is 2. The normalized spacial score (nSPS) is 9.86. The zero-order valence-electron chi connectivity index (χ0n) is 7.27. The van der Waals surface area contributed by atoms with E-state index in [-0.39, 0.29) is 22.6 Å². The van der Waals surface area contributed by atoms with E-state index in [1.165, 1.54) is 0 Å². The van der Waals surface area contributed by atoms with Gasteiger partial charge in [-0.1, -0.05) is 0 Å². The van der Waals surface area contributed by atoms with Gasteiger partial charge in [-0.2, -0.15) is 4.73 Å². The minimum atomic E-state index is -0.601. The third-order valence-electron chi connectivity index (χ3n) is 1.45. The van der Waals surface area contributed by atoms with Crippen LogP contribution in [0.2, 0.25) is 0 Å². The molecule has 0 unspecified atom stereocenters. The number of halogens is 1. The van der Waals surface area contributed by atoms with Crippen LogP contribution in [0.1, 0.15) is 6.92 Å². The fourth-order valence-electron chi connectivity index (χ4n) is 0.891. The van der Waals surface area contributed by atoms with Gasteiger partial charge in [-0.05, 0) is 6.92 Å². The Labute approximate surface area is 88.0 Å². The second-order valence-electron chi connectivity index (χ2n) is 2.36. The molecule has 0 saturated heterocycles. The van der Waals surface area contributed by atoms with Crippen LogP contribution >= 0.6 is 15.9 Å². The number of aromatic nitrogens is 1. The van der Waals surface area contributed by atoms with Crippen molar-refractivity contribution in [1.82, 2.24) is 0 Å². The molecule has 0 N–H and O–H groups in total. The van der Waals surface area contributed by atoms with Gasteiger partial charge in [0.15, 0.2) is 0 Å². The standard InChI is InChI=1S/C7H7BrN2O4/c1-2-14-6-4-9(11)7(8)3-5(6)10(12)13/h3-4H,2H2,1H3. The molecule has 7 heteroatoms. The van der Waals surface area contributed by atoms with Crippen molar-refractivity contribution in [3.8, 4) is 5.75 Å². The summed E-state index contributed by atoms with van der Waals surface area (Å²) < 4.78 is 5.48. The zero-order chi connectivity index (χ0) is 10.7. The van der Waals surface area contributed by atoms with Gasteiger partial charge >= 0.3 is 5.69 Å². The van der Waals surface area contributed by atoms with Gasteiger partial charge in [0, 0.05) is 15.9 Å². The maximum atomic E-state index is 11.1. The molecule has 6 nitrogen and oxygen atoms in total. The van der Waals surface area contributed by atoms with Gasteiger partial charge < -0.3 is 9.94 Å². The highest BCUT2D eigenvalue weighted by Crippen LogP contribution is 2.26. The summed E-state index contributed by atoms with van der Waals surface area (Å²) >= 11 is 2.89.